The first kappa shape index (κ1) is 93.9. The molecular weight excluding hydrogens is 1850 g/mol. The van der Waals surface area contributed by atoms with Gasteiger partial charge in [0.2, 0.25) is 5.91 Å². The molecule has 3 N–H and O–H groups in total. The van der Waals surface area contributed by atoms with Crippen LogP contribution in [-0.2, 0) is 24.4 Å². The SMILES string of the molecule is CC(CO)n1nc(-c2ccccc2)c2c(Cl)c(-c3ccccc3)nnc21.Cc1cc(F)cc(-c2nn(CCO)c3nnc(-c4ccccc4)c(Cl)c23)c1.Cc1cccc(-c2nn(CCO)c3nnc(-c4ccccc4)c(Cl)c23)c1.Clc1c(-c2ccccc2)nnc2c1c(-c1ccccc1)nn2C1CCCC1.O=C(Cn1nc(-c2ccc(F)cc2)c2c(Cl)c(-c3ccccc3)nnc21)N1CC[C@@H](F)C1. The minimum absolute atomic E-state index is 0.0379. The van der Waals surface area contributed by atoms with Crippen molar-refractivity contribution in [2.75, 3.05) is 32.9 Å². The predicted molar refractivity (Wildman–Crippen MR) is 535 cm³/mol. The summed E-state index contributed by atoms with van der Waals surface area (Å²) in [5.74, 6) is -0.986. The number of hydrogen-bond acceptors (Lipinski definition) is 19. The van der Waals surface area contributed by atoms with Gasteiger partial charge < -0.3 is 20.2 Å². The number of halogens is 8. The fraction of sp³-hybridized carbons (Fsp3) is 0.181. The van der Waals surface area contributed by atoms with E-state index in [2.05, 4.69) is 89.2 Å². The van der Waals surface area contributed by atoms with E-state index in [9.17, 15) is 33.3 Å². The van der Waals surface area contributed by atoms with Crippen molar-refractivity contribution >= 4 is 119 Å². The summed E-state index contributed by atoms with van der Waals surface area (Å²) < 4.78 is 49.4. The first-order chi connectivity index (χ1) is 67.3. The van der Waals surface area contributed by atoms with Gasteiger partial charge in [0.1, 0.15) is 81.3 Å². The number of rotatable bonds is 19. The minimum Gasteiger partial charge on any atom is -0.394 e. The molecule has 0 bridgehead atoms. The molecule has 1 saturated carbocycles. The lowest BCUT2D eigenvalue weighted by molar-refractivity contribution is -0.131. The summed E-state index contributed by atoms with van der Waals surface area (Å²) in [5, 5.41) is 101. The molecule has 1 unspecified atom stereocenters. The maximum Gasteiger partial charge on any atom is 0.244 e. The molecule has 20 aromatic rings. The van der Waals surface area contributed by atoms with Gasteiger partial charge in [0.15, 0.2) is 28.2 Å². The number of aliphatic hydroxyl groups excluding tert-OH is 3. The summed E-state index contributed by atoms with van der Waals surface area (Å²) in [5.41, 5.74) is 19.4. The fourth-order valence-electron chi connectivity index (χ4n) is 17.0. The molecule has 0 radical (unpaired) electrons. The van der Waals surface area contributed by atoms with Crippen molar-refractivity contribution in [3.05, 3.63) is 327 Å². The first-order valence-electron chi connectivity index (χ1n) is 44.7. The molecule has 1 aliphatic carbocycles. The highest BCUT2D eigenvalue weighted by molar-refractivity contribution is 6.41. The molecule has 138 heavy (non-hydrogen) atoms. The molecule has 2 atom stereocenters. The van der Waals surface area contributed by atoms with Crippen molar-refractivity contribution in [2.45, 2.75) is 90.8 Å². The van der Waals surface area contributed by atoms with Crippen LogP contribution in [0.1, 0.15) is 62.2 Å². The summed E-state index contributed by atoms with van der Waals surface area (Å²) >= 11 is 33.9. The molecule has 22 rings (SSSR count). The lowest BCUT2D eigenvalue weighted by Crippen LogP contribution is -2.32. The number of carbonyl (C=O) groups is 1. The maximum absolute atomic E-state index is 14.0. The van der Waals surface area contributed by atoms with Crippen LogP contribution >= 0.6 is 58.0 Å². The van der Waals surface area contributed by atoms with Crippen molar-refractivity contribution in [1.29, 1.82) is 0 Å². The van der Waals surface area contributed by atoms with Crippen molar-refractivity contribution in [3.63, 3.8) is 0 Å². The molecule has 1 amide bonds. The number of fused-ring (bicyclic) bond motifs is 5. The van der Waals surface area contributed by atoms with Gasteiger partial charge in [0, 0.05) is 62.2 Å². The van der Waals surface area contributed by atoms with Gasteiger partial charge in [0.05, 0.1) is 104 Å². The lowest BCUT2D eigenvalue weighted by atomic mass is 10.0. The predicted octanol–water partition coefficient (Wildman–Crippen LogP) is 23.2. The van der Waals surface area contributed by atoms with E-state index < -0.39 is 6.17 Å². The summed E-state index contributed by atoms with van der Waals surface area (Å²) in [7, 11) is 0. The van der Waals surface area contributed by atoms with Crippen LogP contribution in [0.4, 0.5) is 13.2 Å². The Morgan fingerprint density at radius 3 is 1.09 bits per heavy atom. The van der Waals surface area contributed by atoms with E-state index in [1.807, 2.05) is 245 Å². The summed E-state index contributed by atoms with van der Waals surface area (Å²) in [6.07, 6.45) is 4.05. The van der Waals surface area contributed by atoms with Crippen molar-refractivity contribution in [2.24, 2.45) is 0 Å². The molecular formula is C105H87Cl5F3N21O4. The van der Waals surface area contributed by atoms with Crippen LogP contribution in [0.25, 0.3) is 168 Å². The Morgan fingerprint density at radius 2 is 0.696 bits per heavy atom. The van der Waals surface area contributed by atoms with Crippen LogP contribution in [0.5, 0.6) is 0 Å². The monoisotopic (exact) mass is 1940 g/mol. The second-order valence-corrected chi connectivity index (χ2v) is 35.0. The van der Waals surface area contributed by atoms with Crippen LogP contribution in [-0.4, -0.2) is 165 Å². The number of aryl methyl sites for hydroxylation is 2. The molecule has 25 nitrogen and oxygen atoms in total. The first-order valence-corrected chi connectivity index (χ1v) is 46.6. The Labute approximate surface area is 814 Å². The highest BCUT2D eigenvalue weighted by Crippen LogP contribution is 2.46. The van der Waals surface area contributed by atoms with Crippen LogP contribution < -0.4 is 0 Å². The molecule has 1 aliphatic heterocycles. The van der Waals surface area contributed by atoms with Crippen molar-refractivity contribution in [3.8, 4) is 113 Å². The van der Waals surface area contributed by atoms with Gasteiger partial charge in [-0.1, -0.05) is 307 Å². The van der Waals surface area contributed by atoms with Gasteiger partial charge in [0.25, 0.3) is 0 Å². The number of aromatic nitrogens is 20. The Kier molecular flexibility index (Phi) is 28.9. The van der Waals surface area contributed by atoms with Crippen LogP contribution in [0, 0.1) is 25.5 Å². The number of amides is 1. The van der Waals surface area contributed by atoms with Crippen LogP contribution in [0.3, 0.4) is 0 Å². The smallest absolute Gasteiger partial charge is 0.244 e. The number of benzene rings is 10. The minimum atomic E-state index is -1.01. The van der Waals surface area contributed by atoms with E-state index in [-0.39, 0.29) is 63.0 Å². The zero-order valence-electron chi connectivity index (χ0n) is 74.6. The quantitative estimate of drug-likeness (QED) is 0.0677. The molecule has 11 heterocycles. The Balaban J connectivity index is 0.000000115. The topological polar surface area (TPSA) is 299 Å². The standard InChI is InChI=1S/C23H18ClF2N5O.C22H19ClN4.C20H16ClFN4O.2C20H17ClN4O/c24-20-19-21(15-6-8-16(25)9-7-15)29-31(13-18(32)30-11-10-17(26)12-30)23(19)28-27-22(20)14-4-2-1-3-5-14;23-19-18-20(15-9-3-1-4-10-15)26-27(17-13-7-8-14-17)22(18)25-24-21(19)16-11-5-2-6-12-16;1-12-9-14(11-15(22)10-12)18-16-17(21)19(13-5-3-2-4-6-13)23-24-20(16)26(25-18)7-8-27;1-13(12-26)25-20-16(18(24-25)14-8-4-2-5-9-14)17(21)19(22-23-20)15-10-6-3-7-11-15;1-13-6-5-9-15(12-13)18-16-17(21)19(14-7-3-2-4-8-14)22-23-20(16)25(24-18)10-11-26/h1-9,17H,10-13H2;1-6,9-12,17H,7-8,13-14H2;2-6,9-11,27H,7-8H2,1H3;2-11,13,26H,12H2,1H3;2-9,12,26H,10-11H2,1H3/t17-;;;;/m1..../s1. The average Bonchev–Trinajstić information content (AvgIpc) is 1.60. The van der Waals surface area contributed by atoms with E-state index in [4.69, 9.17) is 68.2 Å². The number of carbonyl (C=O) groups excluding carboxylic acids is 1. The van der Waals surface area contributed by atoms with E-state index >= 15 is 0 Å². The Hall–Kier alpha value is -14.5. The van der Waals surface area contributed by atoms with Crippen molar-refractivity contribution < 1.29 is 33.3 Å². The molecule has 692 valence electrons. The molecule has 2 fully saturated rings. The van der Waals surface area contributed by atoms with Gasteiger partial charge in [-0.05, 0) is 94.1 Å². The Bertz CT molecular complexity index is 7730. The number of hydrogen-bond donors (Lipinski definition) is 3. The molecule has 0 spiro atoms. The van der Waals surface area contributed by atoms with Crippen molar-refractivity contribution in [1.82, 2.24) is 105 Å². The molecule has 10 aromatic carbocycles. The van der Waals surface area contributed by atoms with Gasteiger partial charge in [-0.25, -0.2) is 36.6 Å². The number of nitrogens with zero attached hydrogens (tertiary/aromatic N) is 21. The summed E-state index contributed by atoms with van der Waals surface area (Å²) in [4.78, 5) is 14.2. The van der Waals surface area contributed by atoms with E-state index in [1.165, 1.54) is 46.7 Å². The third kappa shape index (κ3) is 19.8. The number of aliphatic hydroxyl groups is 3. The van der Waals surface area contributed by atoms with Gasteiger partial charge in [-0.2, -0.15) is 25.5 Å². The summed E-state index contributed by atoms with van der Waals surface area (Å²) in [6.45, 7) is 6.42. The fourth-order valence-corrected chi connectivity index (χ4v) is 18.6. The zero-order valence-corrected chi connectivity index (χ0v) is 78.4. The van der Waals surface area contributed by atoms with Gasteiger partial charge in [-0.15, -0.1) is 51.0 Å². The average molecular weight is 1940 g/mol. The highest BCUT2D eigenvalue weighted by atomic mass is 35.5. The maximum atomic E-state index is 14.0. The Morgan fingerprint density at radius 1 is 0.355 bits per heavy atom. The summed E-state index contributed by atoms with van der Waals surface area (Å²) in [6, 6.07) is 87.0. The molecule has 33 heteroatoms. The number of likely N-dealkylation sites (tertiary alicyclic amines) is 1. The van der Waals surface area contributed by atoms with Crippen LogP contribution in [0.2, 0.25) is 25.1 Å². The largest absolute Gasteiger partial charge is 0.394 e. The second-order valence-electron chi connectivity index (χ2n) is 33.1. The van der Waals surface area contributed by atoms with E-state index in [0.717, 1.165) is 107 Å². The normalized spacial score (nSPS) is 13.3. The molecule has 1 saturated heterocycles. The molecule has 2 aliphatic rings. The van der Waals surface area contributed by atoms with E-state index in [0.29, 0.717) is 135 Å². The van der Waals surface area contributed by atoms with Crippen LogP contribution in [0.15, 0.2) is 279 Å². The number of alkyl halides is 1. The second kappa shape index (κ2) is 42.4. The highest BCUT2D eigenvalue weighted by Gasteiger charge is 2.32. The van der Waals surface area contributed by atoms with Gasteiger partial charge in [-0.3, -0.25) is 4.79 Å². The lowest BCUT2D eigenvalue weighted by Gasteiger charge is -2.15. The third-order valence-electron chi connectivity index (χ3n) is 23.7. The van der Waals surface area contributed by atoms with Gasteiger partial charge >= 0.3 is 0 Å². The van der Waals surface area contributed by atoms with E-state index in [1.54, 1.807) is 26.2 Å². The third-order valence-corrected chi connectivity index (χ3v) is 25.5. The zero-order chi connectivity index (χ0) is 95.6. The molecule has 10 aromatic heterocycles.